The predicted molar refractivity (Wildman–Crippen MR) is 90.8 cm³/mol. The molecule has 4 heteroatoms. The number of amides is 1. The van der Waals surface area contributed by atoms with Gasteiger partial charge in [0.1, 0.15) is 17.4 Å². The molecule has 1 amide bonds. The van der Waals surface area contributed by atoms with Gasteiger partial charge in [0.15, 0.2) is 0 Å². The molecule has 0 radical (unpaired) electrons. The molecule has 1 N–H and O–H groups in total. The molecule has 1 saturated carbocycles. The molecule has 0 aliphatic heterocycles. The summed E-state index contributed by atoms with van der Waals surface area (Å²) >= 11 is 0. The highest BCUT2D eigenvalue weighted by Crippen LogP contribution is 2.18. The van der Waals surface area contributed by atoms with E-state index in [2.05, 4.69) is 12.2 Å². The van der Waals surface area contributed by atoms with Gasteiger partial charge in [-0.1, -0.05) is 38.3 Å². The zero-order chi connectivity index (χ0) is 16.5. The van der Waals surface area contributed by atoms with Crippen LogP contribution in [0.25, 0.3) is 6.08 Å². The summed E-state index contributed by atoms with van der Waals surface area (Å²) in [5.74, 6) is 0.528. The first-order valence-corrected chi connectivity index (χ1v) is 8.38. The van der Waals surface area contributed by atoms with Crippen LogP contribution < -0.4 is 10.1 Å². The molecule has 1 aliphatic rings. The SMILES string of the molecule is CCCOc1ccc(/C=C(/C#N)C(=O)NC2CCCCC2)cc1. The Hall–Kier alpha value is -2.28. The number of carbonyl (C=O) groups is 1. The normalized spacial score (nSPS) is 15.7. The van der Waals surface area contributed by atoms with E-state index in [-0.39, 0.29) is 17.5 Å². The standard InChI is InChI=1S/C19H24N2O2/c1-2-12-23-18-10-8-15(9-11-18)13-16(14-20)19(22)21-17-6-4-3-5-7-17/h8-11,13,17H,2-7,12H2,1H3,(H,21,22)/b16-13-. The Labute approximate surface area is 138 Å². The number of hydrogen-bond acceptors (Lipinski definition) is 3. The van der Waals surface area contributed by atoms with Crippen LogP contribution >= 0.6 is 0 Å². The number of nitrogens with zero attached hydrogens (tertiary/aromatic N) is 1. The molecule has 0 saturated heterocycles. The van der Waals surface area contributed by atoms with Gasteiger partial charge in [-0.2, -0.15) is 5.26 Å². The van der Waals surface area contributed by atoms with Crippen LogP contribution in [0.1, 0.15) is 51.0 Å². The van der Waals surface area contributed by atoms with Gasteiger partial charge < -0.3 is 10.1 Å². The Balaban J connectivity index is 1.99. The molecule has 0 unspecified atom stereocenters. The van der Waals surface area contributed by atoms with Gasteiger partial charge in [-0.05, 0) is 43.0 Å². The number of carbonyl (C=O) groups excluding carboxylic acids is 1. The lowest BCUT2D eigenvalue weighted by Crippen LogP contribution is -2.36. The van der Waals surface area contributed by atoms with E-state index >= 15 is 0 Å². The van der Waals surface area contributed by atoms with Crippen molar-refractivity contribution in [2.45, 2.75) is 51.5 Å². The number of benzene rings is 1. The second kappa shape index (κ2) is 8.99. The van der Waals surface area contributed by atoms with Gasteiger partial charge in [0.05, 0.1) is 6.61 Å². The maximum atomic E-state index is 12.2. The fraction of sp³-hybridized carbons (Fsp3) is 0.474. The fourth-order valence-corrected chi connectivity index (χ4v) is 2.71. The Morgan fingerprint density at radius 3 is 2.61 bits per heavy atom. The van der Waals surface area contributed by atoms with Crippen molar-refractivity contribution in [3.63, 3.8) is 0 Å². The fourth-order valence-electron chi connectivity index (χ4n) is 2.71. The van der Waals surface area contributed by atoms with E-state index in [1.165, 1.54) is 6.42 Å². The smallest absolute Gasteiger partial charge is 0.262 e. The van der Waals surface area contributed by atoms with Crippen LogP contribution in [0.15, 0.2) is 29.8 Å². The van der Waals surface area contributed by atoms with Gasteiger partial charge in [-0.25, -0.2) is 0 Å². The van der Waals surface area contributed by atoms with Gasteiger partial charge >= 0.3 is 0 Å². The van der Waals surface area contributed by atoms with Crippen LogP contribution in [-0.4, -0.2) is 18.6 Å². The lowest BCUT2D eigenvalue weighted by atomic mass is 9.95. The van der Waals surface area contributed by atoms with Crippen LogP contribution in [0, 0.1) is 11.3 Å². The Bertz CT molecular complexity index is 578. The first-order valence-electron chi connectivity index (χ1n) is 8.38. The van der Waals surface area contributed by atoms with Crippen molar-refractivity contribution >= 4 is 12.0 Å². The minimum absolute atomic E-state index is 0.151. The van der Waals surface area contributed by atoms with Crippen LogP contribution in [0.3, 0.4) is 0 Å². The lowest BCUT2D eigenvalue weighted by molar-refractivity contribution is -0.117. The molecule has 0 aromatic heterocycles. The molecule has 2 rings (SSSR count). The maximum absolute atomic E-state index is 12.2. The molecule has 0 spiro atoms. The van der Waals surface area contributed by atoms with Gasteiger partial charge in [-0.15, -0.1) is 0 Å². The van der Waals surface area contributed by atoms with Crippen molar-refractivity contribution in [3.8, 4) is 11.8 Å². The summed E-state index contributed by atoms with van der Waals surface area (Å²) in [6, 6.07) is 9.64. The summed E-state index contributed by atoms with van der Waals surface area (Å²) < 4.78 is 5.52. The number of nitriles is 1. The number of nitrogens with one attached hydrogen (secondary N) is 1. The van der Waals surface area contributed by atoms with Crippen LogP contribution in [-0.2, 0) is 4.79 Å². The molecule has 4 nitrogen and oxygen atoms in total. The molecular weight excluding hydrogens is 288 g/mol. The molecule has 1 fully saturated rings. The third-order valence-electron chi connectivity index (χ3n) is 3.97. The van der Waals surface area contributed by atoms with Crippen molar-refractivity contribution in [1.82, 2.24) is 5.32 Å². The van der Waals surface area contributed by atoms with E-state index in [4.69, 9.17) is 4.74 Å². The van der Waals surface area contributed by atoms with Crippen LogP contribution in [0.4, 0.5) is 0 Å². The third kappa shape index (κ3) is 5.45. The summed E-state index contributed by atoms with van der Waals surface area (Å²) in [5, 5.41) is 12.2. The number of hydrogen-bond donors (Lipinski definition) is 1. The summed E-state index contributed by atoms with van der Waals surface area (Å²) in [7, 11) is 0. The van der Waals surface area contributed by atoms with E-state index in [1.807, 2.05) is 30.3 Å². The Morgan fingerprint density at radius 1 is 1.30 bits per heavy atom. The van der Waals surface area contributed by atoms with Crippen molar-refractivity contribution in [1.29, 1.82) is 5.26 Å². The van der Waals surface area contributed by atoms with Crippen molar-refractivity contribution in [3.05, 3.63) is 35.4 Å². The summed E-state index contributed by atoms with van der Waals surface area (Å²) in [5.41, 5.74) is 0.974. The quantitative estimate of drug-likeness (QED) is 0.641. The van der Waals surface area contributed by atoms with Crippen LogP contribution in [0.5, 0.6) is 5.75 Å². The summed E-state index contributed by atoms with van der Waals surface area (Å²) in [6.45, 7) is 2.74. The second-order valence-corrected chi connectivity index (χ2v) is 5.90. The monoisotopic (exact) mass is 312 g/mol. The lowest BCUT2D eigenvalue weighted by Gasteiger charge is -2.22. The van der Waals surface area contributed by atoms with E-state index in [0.717, 1.165) is 43.4 Å². The highest BCUT2D eigenvalue weighted by Gasteiger charge is 2.17. The van der Waals surface area contributed by atoms with Crippen LogP contribution in [0.2, 0.25) is 0 Å². The Kier molecular flexibility index (Phi) is 6.68. The van der Waals surface area contributed by atoms with Crippen molar-refractivity contribution in [2.24, 2.45) is 0 Å². The average Bonchev–Trinajstić information content (AvgIpc) is 2.59. The Morgan fingerprint density at radius 2 is 2.00 bits per heavy atom. The zero-order valence-corrected chi connectivity index (χ0v) is 13.7. The molecule has 1 aliphatic carbocycles. The van der Waals surface area contributed by atoms with E-state index in [9.17, 15) is 10.1 Å². The van der Waals surface area contributed by atoms with Gasteiger partial charge in [-0.3, -0.25) is 4.79 Å². The molecule has 1 aromatic carbocycles. The van der Waals surface area contributed by atoms with E-state index in [0.29, 0.717) is 6.61 Å². The number of rotatable bonds is 6. The molecule has 0 bridgehead atoms. The summed E-state index contributed by atoms with van der Waals surface area (Å²) in [6.07, 6.45) is 8.14. The average molecular weight is 312 g/mol. The van der Waals surface area contributed by atoms with Gasteiger partial charge in [0.2, 0.25) is 0 Å². The second-order valence-electron chi connectivity index (χ2n) is 5.90. The highest BCUT2D eigenvalue weighted by atomic mass is 16.5. The van der Waals surface area contributed by atoms with Crippen molar-refractivity contribution < 1.29 is 9.53 Å². The molecule has 122 valence electrons. The summed E-state index contributed by atoms with van der Waals surface area (Å²) in [4.78, 5) is 12.2. The minimum atomic E-state index is -0.272. The molecular formula is C19H24N2O2. The first kappa shape index (κ1) is 17.1. The van der Waals surface area contributed by atoms with Gasteiger partial charge in [0, 0.05) is 6.04 Å². The first-order chi connectivity index (χ1) is 11.2. The van der Waals surface area contributed by atoms with E-state index in [1.54, 1.807) is 6.08 Å². The molecule has 0 heterocycles. The third-order valence-corrected chi connectivity index (χ3v) is 3.97. The molecule has 0 atom stereocenters. The molecule has 1 aromatic rings. The van der Waals surface area contributed by atoms with Gasteiger partial charge in [0.25, 0.3) is 5.91 Å². The molecule has 23 heavy (non-hydrogen) atoms. The zero-order valence-electron chi connectivity index (χ0n) is 13.7. The van der Waals surface area contributed by atoms with E-state index < -0.39 is 0 Å². The number of ether oxygens (including phenoxy) is 1. The maximum Gasteiger partial charge on any atom is 0.262 e. The minimum Gasteiger partial charge on any atom is -0.494 e. The topological polar surface area (TPSA) is 62.1 Å². The van der Waals surface area contributed by atoms with Crippen molar-refractivity contribution in [2.75, 3.05) is 6.61 Å². The predicted octanol–water partition coefficient (Wildman–Crippen LogP) is 3.83. The largest absolute Gasteiger partial charge is 0.494 e. The highest BCUT2D eigenvalue weighted by molar-refractivity contribution is 6.01.